The molecule has 64 valence electrons. The van der Waals surface area contributed by atoms with Crippen LogP contribution in [-0.2, 0) is 0 Å². The molecule has 0 aliphatic heterocycles. The highest BCUT2D eigenvalue weighted by Crippen LogP contribution is 2.30. The summed E-state index contributed by atoms with van der Waals surface area (Å²) in [6, 6.07) is 2.33. The maximum atomic E-state index is 9.14. The monoisotopic (exact) mass is 188 g/mol. The fraction of sp³-hybridized carbons (Fsp3) is 0. The molecule has 6 heteroatoms. The maximum Gasteiger partial charge on any atom is 0.492 e. The lowest BCUT2D eigenvalue weighted by Crippen LogP contribution is -2.29. The lowest BCUT2D eigenvalue weighted by Gasteiger charge is -2.05. The van der Waals surface area contributed by atoms with Crippen LogP contribution in [0.25, 0.3) is 0 Å². The Morgan fingerprint density at radius 1 is 1.17 bits per heavy atom. The average molecular weight is 188 g/mol. The maximum absolute atomic E-state index is 9.14. The molecule has 4 nitrogen and oxygen atoms in total. The van der Waals surface area contributed by atoms with Gasteiger partial charge in [-0.05, 0) is 6.07 Å². The van der Waals surface area contributed by atoms with Crippen molar-refractivity contribution in [2.24, 2.45) is 0 Å². The number of aromatic hydroxyl groups is 2. The predicted octanol–water partition coefficient (Wildman–Crippen LogP) is -0.569. The first-order chi connectivity index (χ1) is 5.54. The smallest absolute Gasteiger partial charge is 0.492 e. The van der Waals surface area contributed by atoms with Crippen LogP contribution < -0.4 is 5.46 Å². The topological polar surface area (TPSA) is 80.9 Å². The zero-order valence-corrected chi connectivity index (χ0v) is 6.65. The number of hydrogen-bond acceptors (Lipinski definition) is 4. The second kappa shape index (κ2) is 3.22. The summed E-state index contributed by atoms with van der Waals surface area (Å²) in [6.07, 6.45) is 0. The van der Waals surface area contributed by atoms with Gasteiger partial charge < -0.3 is 20.3 Å². The fourth-order valence-corrected chi connectivity index (χ4v) is 0.949. The highest BCUT2D eigenvalue weighted by molar-refractivity contribution is 6.60. The van der Waals surface area contributed by atoms with E-state index in [9.17, 15) is 0 Å². The largest absolute Gasteiger partial charge is 0.507 e. The molecule has 0 unspecified atom stereocenters. The average Bonchev–Trinajstić information content (AvgIpc) is 2.00. The Bertz CT molecular complexity index is 302. The summed E-state index contributed by atoms with van der Waals surface area (Å²) in [6.45, 7) is 0. The van der Waals surface area contributed by atoms with E-state index >= 15 is 0 Å². The van der Waals surface area contributed by atoms with Crippen molar-refractivity contribution in [1.29, 1.82) is 0 Å². The molecule has 0 saturated carbocycles. The third-order valence-corrected chi connectivity index (χ3v) is 1.78. The molecule has 0 bridgehead atoms. The van der Waals surface area contributed by atoms with E-state index in [1.54, 1.807) is 0 Å². The Hall–Kier alpha value is -0.905. The van der Waals surface area contributed by atoms with Crippen LogP contribution in [0.4, 0.5) is 0 Å². The van der Waals surface area contributed by atoms with Gasteiger partial charge in [0.1, 0.15) is 16.5 Å². The van der Waals surface area contributed by atoms with Crippen LogP contribution in [-0.4, -0.2) is 27.4 Å². The molecule has 1 rings (SSSR count). The van der Waals surface area contributed by atoms with E-state index in [0.717, 1.165) is 6.07 Å². The van der Waals surface area contributed by atoms with E-state index in [1.165, 1.54) is 6.07 Å². The van der Waals surface area contributed by atoms with E-state index in [2.05, 4.69) is 0 Å². The first kappa shape index (κ1) is 9.19. The van der Waals surface area contributed by atoms with Crippen LogP contribution in [0.5, 0.6) is 11.5 Å². The summed E-state index contributed by atoms with van der Waals surface area (Å²) in [5.74, 6) is -0.828. The Morgan fingerprint density at radius 2 is 1.75 bits per heavy atom. The fourth-order valence-electron chi connectivity index (χ4n) is 0.777. The van der Waals surface area contributed by atoms with Crippen molar-refractivity contribution in [2.75, 3.05) is 0 Å². The van der Waals surface area contributed by atoms with Crippen LogP contribution in [0, 0.1) is 0 Å². The van der Waals surface area contributed by atoms with E-state index in [-0.39, 0.29) is 16.2 Å². The van der Waals surface area contributed by atoms with Crippen LogP contribution in [0.15, 0.2) is 12.1 Å². The van der Waals surface area contributed by atoms with Crippen LogP contribution in [0.1, 0.15) is 0 Å². The zero-order valence-electron chi connectivity index (χ0n) is 5.90. The highest BCUT2D eigenvalue weighted by atomic mass is 35.5. The van der Waals surface area contributed by atoms with Gasteiger partial charge in [0.15, 0.2) is 0 Å². The molecule has 0 amide bonds. The molecule has 0 aromatic heterocycles. The molecule has 0 spiro atoms. The number of phenolic OH excluding ortho intramolecular Hbond substituents is 2. The van der Waals surface area contributed by atoms with Crippen LogP contribution in [0.3, 0.4) is 0 Å². The number of hydrogen-bond donors (Lipinski definition) is 4. The predicted molar refractivity (Wildman–Crippen MR) is 44.6 cm³/mol. The van der Waals surface area contributed by atoms with E-state index in [1.807, 2.05) is 0 Å². The van der Waals surface area contributed by atoms with Crippen LogP contribution in [0.2, 0.25) is 5.02 Å². The number of rotatable bonds is 1. The molecule has 0 aliphatic rings. The van der Waals surface area contributed by atoms with Gasteiger partial charge in [0.2, 0.25) is 0 Å². The molecule has 0 aliphatic carbocycles. The molecular formula is C6H6BClO4. The first-order valence-electron chi connectivity index (χ1n) is 3.10. The Kier molecular flexibility index (Phi) is 2.47. The van der Waals surface area contributed by atoms with Gasteiger partial charge in [-0.2, -0.15) is 0 Å². The van der Waals surface area contributed by atoms with Crippen molar-refractivity contribution < 1.29 is 20.3 Å². The second-order valence-corrected chi connectivity index (χ2v) is 2.59. The number of phenols is 2. The molecule has 1 aromatic rings. The molecule has 0 saturated heterocycles. The summed E-state index contributed by atoms with van der Waals surface area (Å²) >= 11 is 5.40. The Morgan fingerprint density at radius 3 is 2.25 bits per heavy atom. The first-order valence-corrected chi connectivity index (χ1v) is 3.48. The molecule has 12 heavy (non-hydrogen) atoms. The standard InChI is InChI=1S/C6H6BClO4/c8-5-4(9)2-1-3(6(5)10)7(11)12/h1-2,9-12H. The summed E-state index contributed by atoms with van der Waals surface area (Å²) in [7, 11) is -1.80. The van der Waals surface area contributed by atoms with E-state index < -0.39 is 12.9 Å². The minimum Gasteiger partial charge on any atom is -0.507 e. The minimum absolute atomic E-state index is 0.141. The lowest BCUT2D eigenvalue weighted by atomic mass is 9.79. The molecule has 0 fully saturated rings. The Labute approximate surface area is 73.8 Å². The van der Waals surface area contributed by atoms with Gasteiger partial charge in [-0.25, -0.2) is 0 Å². The molecule has 0 atom stereocenters. The SMILES string of the molecule is OB(O)c1ccc(O)c(Cl)c1O. The summed E-state index contributed by atoms with van der Waals surface area (Å²) in [5.41, 5.74) is -0.141. The number of benzene rings is 1. The number of halogens is 1. The summed E-state index contributed by atoms with van der Waals surface area (Å²) in [5, 5.41) is 35.1. The molecular weight excluding hydrogens is 182 g/mol. The summed E-state index contributed by atoms with van der Waals surface area (Å²) < 4.78 is 0. The van der Waals surface area contributed by atoms with Crippen molar-refractivity contribution in [3.05, 3.63) is 17.2 Å². The van der Waals surface area contributed by atoms with Gasteiger partial charge in [0.05, 0.1) is 0 Å². The van der Waals surface area contributed by atoms with Gasteiger partial charge in [0, 0.05) is 5.46 Å². The van der Waals surface area contributed by atoms with Crippen molar-refractivity contribution in [2.45, 2.75) is 0 Å². The van der Waals surface area contributed by atoms with Crippen molar-refractivity contribution >= 4 is 24.2 Å². The normalized spacial score (nSPS) is 9.92. The van der Waals surface area contributed by atoms with Crippen molar-refractivity contribution in [3.63, 3.8) is 0 Å². The zero-order chi connectivity index (χ0) is 9.30. The van der Waals surface area contributed by atoms with Gasteiger partial charge >= 0.3 is 7.12 Å². The van der Waals surface area contributed by atoms with Crippen LogP contribution >= 0.6 is 11.6 Å². The molecule has 0 radical (unpaired) electrons. The quantitative estimate of drug-likeness (QED) is 0.445. The second-order valence-electron chi connectivity index (χ2n) is 2.21. The van der Waals surface area contributed by atoms with Gasteiger partial charge in [0.25, 0.3) is 0 Å². The van der Waals surface area contributed by atoms with Gasteiger partial charge in [-0.3, -0.25) is 0 Å². The van der Waals surface area contributed by atoms with E-state index in [0.29, 0.717) is 0 Å². The molecule has 0 heterocycles. The minimum atomic E-state index is -1.80. The van der Waals surface area contributed by atoms with Crippen molar-refractivity contribution in [1.82, 2.24) is 0 Å². The van der Waals surface area contributed by atoms with Gasteiger partial charge in [-0.1, -0.05) is 17.7 Å². The summed E-state index contributed by atoms with van der Waals surface area (Å²) in [4.78, 5) is 0. The third kappa shape index (κ3) is 1.48. The van der Waals surface area contributed by atoms with E-state index in [4.69, 9.17) is 31.9 Å². The third-order valence-electron chi connectivity index (χ3n) is 1.41. The molecule has 4 N–H and O–H groups in total. The van der Waals surface area contributed by atoms with Gasteiger partial charge in [-0.15, -0.1) is 0 Å². The highest BCUT2D eigenvalue weighted by Gasteiger charge is 2.19. The molecule has 1 aromatic carbocycles. The Balaban J connectivity index is 3.27. The lowest BCUT2D eigenvalue weighted by molar-refractivity contribution is 0.418. The van der Waals surface area contributed by atoms with Crippen molar-refractivity contribution in [3.8, 4) is 11.5 Å².